The van der Waals surface area contributed by atoms with Gasteiger partial charge in [0.2, 0.25) is 0 Å². The molecule has 3 nitrogen and oxygen atoms in total. The van der Waals surface area contributed by atoms with Gasteiger partial charge in [-0.05, 0) is 12.1 Å². The summed E-state index contributed by atoms with van der Waals surface area (Å²) < 4.78 is 0. The van der Waals surface area contributed by atoms with E-state index in [2.05, 4.69) is 10.3 Å². The van der Waals surface area contributed by atoms with Gasteiger partial charge in [-0.2, -0.15) is 0 Å². The lowest BCUT2D eigenvalue weighted by molar-refractivity contribution is 0.0963. The molecule has 15 heavy (non-hydrogen) atoms. The van der Waals surface area contributed by atoms with Crippen molar-refractivity contribution in [1.29, 1.82) is 0 Å². The molecule has 0 saturated heterocycles. The Morgan fingerprint density at radius 1 is 1.47 bits per heavy atom. The molecule has 0 radical (unpaired) electrons. The summed E-state index contributed by atoms with van der Waals surface area (Å²) in [6.45, 7) is 0. The first-order valence-corrected chi connectivity index (χ1v) is 5.41. The number of aromatic nitrogens is 1. The summed E-state index contributed by atoms with van der Waals surface area (Å²) in [5.41, 5.74) is 1.64. The van der Waals surface area contributed by atoms with E-state index >= 15 is 0 Å². The van der Waals surface area contributed by atoms with Gasteiger partial charge in [0.25, 0.3) is 5.91 Å². The second-order valence-electron chi connectivity index (χ2n) is 3.00. The van der Waals surface area contributed by atoms with Crippen LogP contribution in [0, 0.1) is 0 Å². The lowest BCUT2D eigenvalue weighted by Crippen LogP contribution is -2.17. The van der Waals surface area contributed by atoms with Crippen LogP contribution in [0.15, 0.2) is 35.8 Å². The molecule has 0 aliphatic heterocycles. The lowest BCUT2D eigenvalue weighted by Gasteiger charge is -2.01. The number of carbonyl (C=O) groups is 1. The molecule has 76 valence electrons. The summed E-state index contributed by atoms with van der Waals surface area (Å²) in [5, 5.41) is 5.45. The van der Waals surface area contributed by atoms with E-state index in [-0.39, 0.29) is 5.91 Å². The number of amides is 1. The number of nitrogens with zero attached hydrogens (tertiary/aromatic N) is 1. The Hall–Kier alpha value is -1.68. The maximum atomic E-state index is 11.4. The fraction of sp³-hybridized carbons (Fsp3) is 0.0909. The quantitative estimate of drug-likeness (QED) is 0.839. The van der Waals surface area contributed by atoms with Crippen LogP contribution in [0.4, 0.5) is 0 Å². The van der Waals surface area contributed by atoms with Crippen LogP contribution in [-0.2, 0) is 0 Å². The van der Waals surface area contributed by atoms with Crippen LogP contribution in [0.5, 0.6) is 0 Å². The Balaban J connectivity index is 2.39. The Morgan fingerprint density at radius 2 is 2.33 bits per heavy atom. The zero-order valence-electron chi connectivity index (χ0n) is 8.23. The van der Waals surface area contributed by atoms with Crippen molar-refractivity contribution in [2.24, 2.45) is 0 Å². The number of hydrogen-bond donors (Lipinski definition) is 1. The second-order valence-corrected chi connectivity index (χ2v) is 3.89. The van der Waals surface area contributed by atoms with Crippen LogP contribution >= 0.6 is 11.3 Å². The molecule has 0 aliphatic carbocycles. The average molecular weight is 218 g/mol. The summed E-state index contributed by atoms with van der Waals surface area (Å²) in [4.78, 5) is 15.6. The lowest BCUT2D eigenvalue weighted by atomic mass is 10.1. The Bertz CT molecular complexity index is 465. The van der Waals surface area contributed by atoms with Gasteiger partial charge >= 0.3 is 0 Å². The van der Waals surface area contributed by atoms with Crippen molar-refractivity contribution in [2.45, 2.75) is 0 Å². The van der Waals surface area contributed by atoms with Crippen molar-refractivity contribution < 1.29 is 4.79 Å². The van der Waals surface area contributed by atoms with Crippen molar-refractivity contribution in [1.82, 2.24) is 10.3 Å². The molecular formula is C11H10N2OS. The third-order valence-corrected chi connectivity index (χ3v) is 2.85. The van der Waals surface area contributed by atoms with E-state index in [1.54, 1.807) is 30.6 Å². The number of hydrogen-bond acceptors (Lipinski definition) is 3. The van der Waals surface area contributed by atoms with E-state index in [4.69, 9.17) is 0 Å². The first-order chi connectivity index (χ1) is 7.31. The molecule has 1 amide bonds. The van der Waals surface area contributed by atoms with Crippen molar-refractivity contribution >= 4 is 17.2 Å². The van der Waals surface area contributed by atoms with Gasteiger partial charge in [0.05, 0.1) is 0 Å². The van der Waals surface area contributed by atoms with Gasteiger partial charge in [-0.1, -0.05) is 12.1 Å². The molecule has 1 heterocycles. The number of nitrogens with one attached hydrogen (secondary N) is 1. The highest BCUT2D eigenvalue weighted by atomic mass is 32.1. The largest absolute Gasteiger partial charge is 0.355 e. The van der Waals surface area contributed by atoms with Crippen LogP contribution in [0.1, 0.15) is 10.4 Å². The Labute approximate surface area is 91.8 Å². The third kappa shape index (κ3) is 2.05. The molecule has 0 saturated carbocycles. The van der Waals surface area contributed by atoms with Crippen molar-refractivity contribution in [2.75, 3.05) is 7.05 Å². The van der Waals surface area contributed by atoms with Gasteiger partial charge in [-0.3, -0.25) is 4.79 Å². The molecule has 2 aromatic rings. The van der Waals surface area contributed by atoms with E-state index in [9.17, 15) is 4.79 Å². The molecule has 1 N–H and O–H groups in total. The zero-order chi connectivity index (χ0) is 10.7. The molecule has 0 atom stereocenters. The molecule has 0 fully saturated rings. The molecule has 0 unspecified atom stereocenters. The van der Waals surface area contributed by atoms with Crippen LogP contribution in [0.25, 0.3) is 10.6 Å². The minimum Gasteiger partial charge on any atom is -0.355 e. The standard InChI is InChI=1S/C11H10N2OS/c1-12-10(14)8-3-2-4-9(7-8)11-13-5-6-15-11/h2-7H,1H3,(H,12,14). The number of rotatable bonds is 2. The first kappa shape index (κ1) is 9.86. The van der Waals surface area contributed by atoms with Crippen molar-refractivity contribution in [3.05, 3.63) is 41.4 Å². The van der Waals surface area contributed by atoms with Crippen LogP contribution < -0.4 is 5.32 Å². The predicted octanol–water partition coefficient (Wildman–Crippen LogP) is 2.17. The molecule has 1 aromatic carbocycles. The van der Waals surface area contributed by atoms with Crippen molar-refractivity contribution in [3.63, 3.8) is 0 Å². The second kappa shape index (κ2) is 4.23. The van der Waals surface area contributed by atoms with Gasteiger partial charge in [0.1, 0.15) is 5.01 Å². The van der Waals surface area contributed by atoms with Gasteiger partial charge in [-0.25, -0.2) is 4.98 Å². The fourth-order valence-corrected chi connectivity index (χ4v) is 1.94. The highest BCUT2D eigenvalue weighted by Gasteiger charge is 2.05. The normalized spacial score (nSPS) is 9.93. The number of thiazole rings is 1. The van der Waals surface area contributed by atoms with E-state index in [0.717, 1.165) is 10.6 Å². The topological polar surface area (TPSA) is 42.0 Å². The smallest absolute Gasteiger partial charge is 0.251 e. The van der Waals surface area contributed by atoms with Crippen LogP contribution in [0.2, 0.25) is 0 Å². The van der Waals surface area contributed by atoms with E-state index in [1.807, 2.05) is 23.6 Å². The highest BCUT2D eigenvalue weighted by Crippen LogP contribution is 2.22. The molecule has 0 spiro atoms. The first-order valence-electron chi connectivity index (χ1n) is 4.53. The Morgan fingerprint density at radius 3 is 3.00 bits per heavy atom. The van der Waals surface area contributed by atoms with Gasteiger partial charge < -0.3 is 5.32 Å². The van der Waals surface area contributed by atoms with Gasteiger partial charge in [0, 0.05) is 29.8 Å². The van der Waals surface area contributed by atoms with Crippen LogP contribution in [0.3, 0.4) is 0 Å². The fourth-order valence-electron chi connectivity index (χ4n) is 1.30. The van der Waals surface area contributed by atoms with Gasteiger partial charge in [0.15, 0.2) is 0 Å². The average Bonchev–Trinajstić information content (AvgIpc) is 2.82. The zero-order valence-corrected chi connectivity index (χ0v) is 9.04. The molecule has 4 heteroatoms. The molecular weight excluding hydrogens is 208 g/mol. The molecule has 2 rings (SSSR count). The molecule has 0 aliphatic rings. The SMILES string of the molecule is CNC(=O)c1cccc(-c2nccs2)c1. The monoisotopic (exact) mass is 218 g/mol. The number of benzene rings is 1. The van der Waals surface area contributed by atoms with E-state index in [0.29, 0.717) is 5.56 Å². The summed E-state index contributed by atoms with van der Waals surface area (Å²) in [6, 6.07) is 7.44. The molecule has 0 bridgehead atoms. The number of carbonyl (C=O) groups excluding carboxylic acids is 1. The van der Waals surface area contributed by atoms with Gasteiger partial charge in [-0.15, -0.1) is 11.3 Å². The van der Waals surface area contributed by atoms with E-state index in [1.165, 1.54) is 0 Å². The minimum absolute atomic E-state index is 0.0755. The third-order valence-electron chi connectivity index (χ3n) is 2.03. The summed E-state index contributed by atoms with van der Waals surface area (Å²) in [6.07, 6.45) is 1.76. The Kier molecular flexibility index (Phi) is 2.78. The maximum absolute atomic E-state index is 11.4. The molecule has 1 aromatic heterocycles. The van der Waals surface area contributed by atoms with Crippen LogP contribution in [-0.4, -0.2) is 17.9 Å². The summed E-state index contributed by atoms with van der Waals surface area (Å²) in [7, 11) is 1.62. The minimum atomic E-state index is -0.0755. The highest BCUT2D eigenvalue weighted by molar-refractivity contribution is 7.13. The van der Waals surface area contributed by atoms with E-state index < -0.39 is 0 Å². The summed E-state index contributed by atoms with van der Waals surface area (Å²) >= 11 is 1.56. The van der Waals surface area contributed by atoms with Crippen molar-refractivity contribution in [3.8, 4) is 10.6 Å². The maximum Gasteiger partial charge on any atom is 0.251 e. The summed E-state index contributed by atoms with van der Waals surface area (Å²) in [5.74, 6) is -0.0755. The predicted molar refractivity (Wildman–Crippen MR) is 60.9 cm³/mol.